The maximum Gasteiger partial charge on any atom is 0.407 e. The van der Waals surface area contributed by atoms with Crippen LogP contribution in [0, 0.1) is 0 Å². The number of carbonyl (C=O) groups is 2. The normalized spacial score (nSPS) is 14.8. The lowest BCUT2D eigenvalue weighted by Gasteiger charge is -2.27. The fourth-order valence-electron chi connectivity index (χ4n) is 2.42. The molecule has 7 nitrogen and oxygen atoms in total. The van der Waals surface area contributed by atoms with E-state index in [1.54, 1.807) is 0 Å². The third-order valence-electron chi connectivity index (χ3n) is 3.71. The summed E-state index contributed by atoms with van der Waals surface area (Å²) in [4.78, 5) is 25.5. The van der Waals surface area contributed by atoms with Crippen LogP contribution in [0.2, 0.25) is 0 Å². The van der Waals surface area contributed by atoms with Gasteiger partial charge in [0.2, 0.25) is 0 Å². The van der Waals surface area contributed by atoms with Gasteiger partial charge in [0.1, 0.15) is 5.60 Å². The smallest absolute Gasteiger partial charge is 0.407 e. The Morgan fingerprint density at radius 3 is 2.08 bits per heavy atom. The molecular weight excluding hydrogens is 320 g/mol. The van der Waals surface area contributed by atoms with Gasteiger partial charge in [-0.05, 0) is 31.9 Å². The molecule has 1 aromatic carbocycles. The fourth-order valence-corrected chi connectivity index (χ4v) is 2.42. The lowest BCUT2D eigenvalue weighted by molar-refractivity contribution is 0.0523. The van der Waals surface area contributed by atoms with Crippen molar-refractivity contribution in [2.75, 3.05) is 26.2 Å². The number of hydrogen-bond donors (Lipinski definition) is 3. The topological polar surface area (TPSA) is 82.7 Å². The first kappa shape index (κ1) is 19.1. The molecule has 0 saturated carbocycles. The predicted octanol–water partition coefficient (Wildman–Crippen LogP) is 1.83. The molecule has 3 amide bonds. The number of nitrogens with zero attached hydrogens (tertiary/aromatic N) is 1. The third-order valence-corrected chi connectivity index (χ3v) is 3.71. The van der Waals surface area contributed by atoms with Crippen LogP contribution in [-0.2, 0) is 17.8 Å². The van der Waals surface area contributed by atoms with Gasteiger partial charge in [-0.2, -0.15) is 0 Å². The number of urea groups is 1. The van der Waals surface area contributed by atoms with E-state index in [0.29, 0.717) is 13.1 Å². The fraction of sp³-hybridized carbons (Fsp3) is 0.556. The van der Waals surface area contributed by atoms with Crippen molar-refractivity contribution < 1.29 is 14.3 Å². The van der Waals surface area contributed by atoms with Crippen LogP contribution < -0.4 is 16.0 Å². The molecule has 3 N–H and O–H groups in total. The molecule has 0 radical (unpaired) electrons. The molecule has 0 unspecified atom stereocenters. The van der Waals surface area contributed by atoms with E-state index >= 15 is 0 Å². The number of benzene rings is 1. The molecule has 0 aromatic heterocycles. The molecule has 7 heteroatoms. The van der Waals surface area contributed by atoms with E-state index in [0.717, 1.165) is 37.3 Å². The lowest BCUT2D eigenvalue weighted by Crippen LogP contribution is -2.50. The van der Waals surface area contributed by atoms with Gasteiger partial charge in [-0.15, -0.1) is 0 Å². The number of piperazine rings is 1. The molecule has 0 aliphatic carbocycles. The summed E-state index contributed by atoms with van der Waals surface area (Å²) >= 11 is 0. The van der Waals surface area contributed by atoms with E-state index in [2.05, 4.69) is 16.0 Å². The number of alkyl carbamates (subject to hydrolysis) is 1. The maximum atomic E-state index is 12.1. The Bertz CT molecular complexity index is 575. The van der Waals surface area contributed by atoms with Crippen molar-refractivity contribution in [2.24, 2.45) is 0 Å². The van der Waals surface area contributed by atoms with Crippen molar-refractivity contribution in [1.29, 1.82) is 0 Å². The zero-order valence-corrected chi connectivity index (χ0v) is 15.2. The van der Waals surface area contributed by atoms with Crippen LogP contribution in [0.5, 0.6) is 0 Å². The third kappa shape index (κ3) is 7.01. The second-order valence-electron chi connectivity index (χ2n) is 7.07. The average molecular weight is 348 g/mol. The highest BCUT2D eigenvalue weighted by atomic mass is 16.6. The molecule has 25 heavy (non-hydrogen) atoms. The zero-order valence-electron chi connectivity index (χ0n) is 15.2. The van der Waals surface area contributed by atoms with E-state index in [-0.39, 0.29) is 6.03 Å². The first-order chi connectivity index (χ1) is 11.8. The van der Waals surface area contributed by atoms with Crippen LogP contribution in [0.15, 0.2) is 24.3 Å². The van der Waals surface area contributed by atoms with Gasteiger partial charge >= 0.3 is 12.1 Å². The second-order valence-corrected chi connectivity index (χ2v) is 7.07. The van der Waals surface area contributed by atoms with Crippen molar-refractivity contribution >= 4 is 12.1 Å². The molecule has 1 heterocycles. The van der Waals surface area contributed by atoms with Gasteiger partial charge < -0.3 is 25.6 Å². The van der Waals surface area contributed by atoms with Gasteiger partial charge in [-0.25, -0.2) is 9.59 Å². The Morgan fingerprint density at radius 1 is 1.04 bits per heavy atom. The summed E-state index contributed by atoms with van der Waals surface area (Å²) in [5.41, 5.74) is 1.49. The Morgan fingerprint density at radius 2 is 1.56 bits per heavy atom. The van der Waals surface area contributed by atoms with Crippen LogP contribution >= 0.6 is 0 Å². The summed E-state index contributed by atoms with van der Waals surface area (Å²) in [5.74, 6) is 0. The van der Waals surface area contributed by atoms with Gasteiger partial charge in [-0.1, -0.05) is 24.3 Å². The van der Waals surface area contributed by atoms with Crippen molar-refractivity contribution in [3.8, 4) is 0 Å². The molecule has 2 rings (SSSR count). The number of ether oxygens (including phenoxy) is 1. The van der Waals surface area contributed by atoms with E-state index in [9.17, 15) is 9.59 Å². The quantitative estimate of drug-likeness (QED) is 0.775. The van der Waals surface area contributed by atoms with Crippen LogP contribution in [-0.4, -0.2) is 48.8 Å². The predicted molar refractivity (Wildman–Crippen MR) is 96.2 cm³/mol. The standard InChI is InChI=1S/C18H28N4O3/c1-18(2,3)25-17(24)21-13-15-6-4-14(5-7-15)12-20-16(23)22-10-8-19-9-11-22/h4-7,19H,8-13H2,1-3H3,(H,20,23)(H,21,24). The molecule has 1 aromatic rings. The molecule has 1 saturated heterocycles. The summed E-state index contributed by atoms with van der Waals surface area (Å²) in [7, 11) is 0. The first-order valence-electron chi connectivity index (χ1n) is 8.62. The minimum Gasteiger partial charge on any atom is -0.444 e. The van der Waals surface area contributed by atoms with Crippen molar-refractivity contribution in [1.82, 2.24) is 20.9 Å². The molecule has 0 bridgehead atoms. The average Bonchev–Trinajstić information content (AvgIpc) is 2.58. The summed E-state index contributed by atoms with van der Waals surface area (Å²) < 4.78 is 5.20. The number of hydrogen-bond acceptors (Lipinski definition) is 4. The van der Waals surface area contributed by atoms with Gasteiger partial charge in [0, 0.05) is 39.3 Å². The van der Waals surface area contributed by atoms with Crippen LogP contribution in [0.4, 0.5) is 9.59 Å². The highest BCUT2D eigenvalue weighted by Gasteiger charge is 2.16. The number of rotatable bonds is 4. The van der Waals surface area contributed by atoms with E-state index in [1.165, 1.54) is 0 Å². The second kappa shape index (κ2) is 8.71. The van der Waals surface area contributed by atoms with E-state index in [4.69, 9.17) is 4.74 Å². The van der Waals surface area contributed by atoms with Gasteiger partial charge in [-0.3, -0.25) is 0 Å². The summed E-state index contributed by atoms with van der Waals surface area (Å²) in [6, 6.07) is 7.74. The molecule has 1 fully saturated rings. The van der Waals surface area contributed by atoms with Crippen LogP contribution in [0.3, 0.4) is 0 Å². The van der Waals surface area contributed by atoms with Gasteiger partial charge in [0.25, 0.3) is 0 Å². The zero-order chi connectivity index (χ0) is 18.3. The largest absolute Gasteiger partial charge is 0.444 e. The SMILES string of the molecule is CC(C)(C)OC(=O)NCc1ccc(CNC(=O)N2CCNCC2)cc1. The van der Waals surface area contributed by atoms with Crippen molar-refractivity contribution in [3.63, 3.8) is 0 Å². The maximum absolute atomic E-state index is 12.1. The summed E-state index contributed by atoms with van der Waals surface area (Å²) in [5, 5.41) is 8.88. The minimum absolute atomic E-state index is 0.0304. The first-order valence-corrected chi connectivity index (χ1v) is 8.62. The summed E-state index contributed by atoms with van der Waals surface area (Å²) in [6.45, 7) is 9.54. The summed E-state index contributed by atoms with van der Waals surface area (Å²) in [6.07, 6.45) is -0.431. The van der Waals surface area contributed by atoms with Crippen LogP contribution in [0.25, 0.3) is 0 Å². The van der Waals surface area contributed by atoms with Gasteiger partial charge in [0.15, 0.2) is 0 Å². The Labute approximate surface area is 149 Å². The van der Waals surface area contributed by atoms with Crippen molar-refractivity contribution in [3.05, 3.63) is 35.4 Å². The molecule has 1 aliphatic rings. The van der Waals surface area contributed by atoms with Crippen LogP contribution in [0.1, 0.15) is 31.9 Å². The Kier molecular flexibility index (Phi) is 6.64. The van der Waals surface area contributed by atoms with Gasteiger partial charge in [0.05, 0.1) is 0 Å². The highest BCUT2D eigenvalue weighted by Crippen LogP contribution is 2.08. The minimum atomic E-state index is -0.503. The lowest BCUT2D eigenvalue weighted by atomic mass is 10.1. The molecule has 0 spiro atoms. The highest BCUT2D eigenvalue weighted by molar-refractivity contribution is 5.74. The number of amides is 3. The molecular formula is C18H28N4O3. The monoisotopic (exact) mass is 348 g/mol. The van der Waals surface area contributed by atoms with E-state index in [1.807, 2.05) is 49.9 Å². The Hall–Kier alpha value is -2.28. The molecule has 1 aliphatic heterocycles. The number of carbonyl (C=O) groups excluding carboxylic acids is 2. The number of nitrogens with one attached hydrogen (secondary N) is 3. The Balaban J connectivity index is 1.74. The van der Waals surface area contributed by atoms with E-state index < -0.39 is 11.7 Å². The molecule has 0 atom stereocenters. The van der Waals surface area contributed by atoms with Crippen molar-refractivity contribution in [2.45, 2.75) is 39.5 Å². The molecule has 138 valence electrons.